The van der Waals surface area contributed by atoms with E-state index in [0.717, 1.165) is 76.0 Å². The van der Waals surface area contributed by atoms with E-state index in [9.17, 15) is 4.79 Å². The van der Waals surface area contributed by atoms with Crippen LogP contribution in [0.2, 0.25) is 0 Å². The van der Waals surface area contributed by atoms with E-state index in [0.29, 0.717) is 6.42 Å². The van der Waals surface area contributed by atoms with Crippen LogP contribution in [0.1, 0.15) is 70.8 Å². The first-order valence-corrected chi connectivity index (χ1v) is 12.2. The maximum absolute atomic E-state index is 11.5. The number of carbonyl (C=O) groups is 1. The number of unbranched alkanes of at least 4 members (excludes halogenated alkanes) is 2. The normalized spacial score (nSPS) is 15.3. The van der Waals surface area contributed by atoms with Crippen LogP contribution in [0, 0.1) is 0 Å². The van der Waals surface area contributed by atoms with E-state index in [-0.39, 0.29) is 12.0 Å². The van der Waals surface area contributed by atoms with Gasteiger partial charge in [-0.25, -0.2) is 0 Å². The van der Waals surface area contributed by atoms with Gasteiger partial charge in [0.15, 0.2) is 0 Å². The lowest BCUT2D eigenvalue weighted by molar-refractivity contribution is -0.121. The van der Waals surface area contributed by atoms with Crippen molar-refractivity contribution >= 4 is 16.8 Å². The molecule has 1 aromatic heterocycles. The predicted octanol–water partition coefficient (Wildman–Crippen LogP) is 5.12. The van der Waals surface area contributed by atoms with Gasteiger partial charge in [0.2, 0.25) is 5.91 Å². The Morgan fingerprint density at radius 2 is 2.00 bits per heavy atom. The number of fused-ring (bicyclic) bond motifs is 1. The van der Waals surface area contributed by atoms with Crippen LogP contribution in [0.15, 0.2) is 30.5 Å². The fraction of sp³-hybridized carbons (Fsp3) is 0.615. The van der Waals surface area contributed by atoms with Gasteiger partial charge in [-0.3, -0.25) is 9.78 Å². The summed E-state index contributed by atoms with van der Waals surface area (Å²) in [6.07, 6.45) is 11.5. The van der Waals surface area contributed by atoms with Gasteiger partial charge in [0.05, 0.1) is 0 Å². The maximum Gasteiger partial charge on any atom is 0.219 e. The molecule has 3 rings (SSSR count). The molecule has 2 aromatic rings. The maximum atomic E-state index is 11.5. The van der Waals surface area contributed by atoms with E-state index in [2.05, 4.69) is 40.3 Å². The van der Waals surface area contributed by atoms with Crippen molar-refractivity contribution in [1.29, 1.82) is 0 Å². The monoisotopic (exact) mass is 425 g/mol. The van der Waals surface area contributed by atoms with Crippen LogP contribution in [0.4, 0.5) is 0 Å². The highest BCUT2D eigenvalue weighted by molar-refractivity contribution is 5.85. The molecule has 1 aromatic carbocycles. The third-order valence-electron chi connectivity index (χ3n) is 6.08. The van der Waals surface area contributed by atoms with Crippen LogP contribution in [0.25, 0.3) is 10.9 Å². The Kier molecular flexibility index (Phi) is 9.60. The molecule has 5 nitrogen and oxygen atoms in total. The number of nitrogens with one attached hydrogen (secondary N) is 1. The van der Waals surface area contributed by atoms with Gasteiger partial charge in [-0.05, 0) is 75.3 Å². The van der Waals surface area contributed by atoms with Gasteiger partial charge in [-0.1, -0.05) is 26.3 Å². The first-order valence-electron chi connectivity index (χ1n) is 12.2. The summed E-state index contributed by atoms with van der Waals surface area (Å²) in [5.41, 5.74) is 2.33. The molecule has 5 heteroatoms. The zero-order valence-electron chi connectivity index (χ0n) is 19.4. The number of amides is 1. The van der Waals surface area contributed by atoms with Crippen molar-refractivity contribution in [3.8, 4) is 5.75 Å². The molecule has 2 heterocycles. The zero-order chi connectivity index (χ0) is 21.9. The number of piperidine rings is 1. The van der Waals surface area contributed by atoms with Crippen molar-refractivity contribution in [3.05, 3.63) is 36.0 Å². The number of rotatable bonds is 12. The van der Waals surface area contributed by atoms with Crippen molar-refractivity contribution in [2.45, 2.75) is 77.7 Å². The molecule has 0 unspecified atom stereocenters. The largest absolute Gasteiger partial charge is 0.488 e. The number of hydrogen-bond donors (Lipinski definition) is 1. The van der Waals surface area contributed by atoms with Crippen LogP contribution in [0.5, 0.6) is 5.75 Å². The fourth-order valence-corrected chi connectivity index (χ4v) is 4.27. The number of ether oxygens (including phenoxy) is 1. The molecule has 1 saturated heterocycles. The third-order valence-corrected chi connectivity index (χ3v) is 6.08. The first kappa shape index (κ1) is 23.5. The molecule has 0 atom stereocenters. The Bertz CT molecular complexity index is 815. The molecule has 1 N–H and O–H groups in total. The second-order valence-electron chi connectivity index (χ2n) is 8.74. The Balaban J connectivity index is 1.45. The number of benzene rings is 1. The number of aromatic nitrogens is 1. The number of hydrogen-bond acceptors (Lipinski definition) is 4. The summed E-state index contributed by atoms with van der Waals surface area (Å²) in [5, 5.41) is 4.18. The zero-order valence-corrected chi connectivity index (χ0v) is 19.4. The number of nitrogens with zero attached hydrogens (tertiary/aromatic N) is 2. The lowest BCUT2D eigenvalue weighted by atomic mass is 10.0. The number of carbonyl (C=O) groups excluding carboxylic acids is 1. The van der Waals surface area contributed by atoms with Gasteiger partial charge in [0.25, 0.3) is 0 Å². The molecule has 1 fully saturated rings. The van der Waals surface area contributed by atoms with Crippen LogP contribution in [-0.2, 0) is 11.2 Å². The molecule has 31 heavy (non-hydrogen) atoms. The van der Waals surface area contributed by atoms with E-state index in [1.807, 2.05) is 19.2 Å². The van der Waals surface area contributed by atoms with Crippen molar-refractivity contribution in [2.24, 2.45) is 0 Å². The third kappa shape index (κ3) is 7.49. The fourth-order valence-electron chi connectivity index (χ4n) is 4.27. The van der Waals surface area contributed by atoms with E-state index in [1.165, 1.54) is 23.8 Å². The van der Waals surface area contributed by atoms with Crippen LogP contribution in [0.3, 0.4) is 0 Å². The summed E-state index contributed by atoms with van der Waals surface area (Å²) in [6, 6.07) is 8.61. The van der Waals surface area contributed by atoms with E-state index >= 15 is 0 Å². The standard InChI is InChI=1S/C26H39N3O2/c1-3-5-10-21-19-22-11-8-15-28-26(22)24(20-21)31-23-12-17-29(18-13-23)16-7-6-14-27-25(30)9-4-2/h8,11,15,19-20,23H,3-7,9-10,12-14,16-18H2,1-2H3,(H,27,30). The summed E-state index contributed by atoms with van der Waals surface area (Å²) in [7, 11) is 0. The van der Waals surface area contributed by atoms with Crippen molar-refractivity contribution in [1.82, 2.24) is 15.2 Å². The summed E-state index contributed by atoms with van der Waals surface area (Å²) < 4.78 is 6.49. The molecular formula is C26H39N3O2. The van der Waals surface area contributed by atoms with Crippen LogP contribution < -0.4 is 10.1 Å². The van der Waals surface area contributed by atoms with Crippen molar-refractivity contribution < 1.29 is 9.53 Å². The SMILES string of the molecule is CCCCc1cc(OC2CCN(CCCCNC(=O)CCC)CC2)c2ncccc2c1. The number of aryl methyl sites for hydroxylation is 1. The molecule has 0 bridgehead atoms. The minimum atomic E-state index is 0.182. The van der Waals surface area contributed by atoms with Gasteiger partial charge in [0.1, 0.15) is 17.4 Å². The number of pyridine rings is 1. The lowest BCUT2D eigenvalue weighted by Crippen LogP contribution is -2.39. The minimum absolute atomic E-state index is 0.182. The predicted molar refractivity (Wildman–Crippen MR) is 128 cm³/mol. The average Bonchev–Trinajstić information content (AvgIpc) is 2.79. The summed E-state index contributed by atoms with van der Waals surface area (Å²) in [5.74, 6) is 1.13. The molecule has 1 aliphatic rings. The summed E-state index contributed by atoms with van der Waals surface area (Å²) >= 11 is 0. The Morgan fingerprint density at radius 3 is 2.77 bits per heavy atom. The summed E-state index contributed by atoms with van der Waals surface area (Å²) in [6.45, 7) is 8.33. The molecule has 0 spiro atoms. The smallest absolute Gasteiger partial charge is 0.219 e. The van der Waals surface area contributed by atoms with Gasteiger partial charge < -0.3 is 15.0 Å². The van der Waals surface area contributed by atoms with E-state index in [4.69, 9.17) is 4.74 Å². The van der Waals surface area contributed by atoms with E-state index < -0.39 is 0 Å². The van der Waals surface area contributed by atoms with Gasteiger partial charge in [-0.15, -0.1) is 0 Å². The Hall–Kier alpha value is -2.14. The number of likely N-dealkylation sites (tertiary alicyclic amines) is 1. The van der Waals surface area contributed by atoms with Gasteiger partial charge in [-0.2, -0.15) is 0 Å². The topological polar surface area (TPSA) is 54.5 Å². The molecule has 0 radical (unpaired) electrons. The Morgan fingerprint density at radius 1 is 1.16 bits per heavy atom. The molecule has 0 aliphatic carbocycles. The highest BCUT2D eigenvalue weighted by Crippen LogP contribution is 2.29. The lowest BCUT2D eigenvalue weighted by Gasteiger charge is -2.32. The Labute approximate surface area is 187 Å². The molecular weight excluding hydrogens is 386 g/mol. The summed E-state index contributed by atoms with van der Waals surface area (Å²) in [4.78, 5) is 18.6. The molecule has 170 valence electrons. The van der Waals surface area contributed by atoms with Gasteiger partial charge >= 0.3 is 0 Å². The molecule has 1 aliphatic heterocycles. The van der Waals surface area contributed by atoms with Crippen molar-refractivity contribution in [3.63, 3.8) is 0 Å². The quantitative estimate of drug-likeness (QED) is 0.480. The van der Waals surface area contributed by atoms with Crippen LogP contribution >= 0.6 is 0 Å². The second kappa shape index (κ2) is 12.7. The first-order chi connectivity index (χ1) is 15.2. The van der Waals surface area contributed by atoms with E-state index in [1.54, 1.807) is 0 Å². The average molecular weight is 426 g/mol. The highest BCUT2D eigenvalue weighted by Gasteiger charge is 2.21. The van der Waals surface area contributed by atoms with Gasteiger partial charge in [0, 0.05) is 37.6 Å². The highest BCUT2D eigenvalue weighted by atomic mass is 16.5. The molecule has 1 amide bonds. The van der Waals surface area contributed by atoms with Crippen molar-refractivity contribution in [2.75, 3.05) is 26.2 Å². The van der Waals surface area contributed by atoms with Crippen LogP contribution in [-0.4, -0.2) is 48.1 Å². The minimum Gasteiger partial charge on any atom is -0.488 e. The molecule has 0 saturated carbocycles. The second-order valence-corrected chi connectivity index (χ2v) is 8.74.